The third kappa shape index (κ3) is 7.03. The fourth-order valence-corrected chi connectivity index (χ4v) is 2.06. The number of carbonyl (C=O) groups is 1. The Morgan fingerprint density at radius 1 is 0.889 bits per heavy atom. The first-order valence-corrected chi connectivity index (χ1v) is 7.48. The van der Waals surface area contributed by atoms with E-state index in [1.807, 2.05) is 20.8 Å². The average Bonchev–Trinajstić information content (AvgIpc) is 2.24. The average molecular weight is 256 g/mol. The van der Waals surface area contributed by atoms with Crippen LogP contribution in [0.4, 0.5) is 0 Å². The summed E-state index contributed by atoms with van der Waals surface area (Å²) in [5.74, 6) is -0.0143. The van der Waals surface area contributed by atoms with Crippen molar-refractivity contribution >= 4 is 5.97 Å². The molecule has 1 unspecified atom stereocenters. The summed E-state index contributed by atoms with van der Waals surface area (Å²) < 4.78 is 5.59. The highest BCUT2D eigenvalue weighted by molar-refractivity contribution is 5.76. The molecular formula is C16H32O2. The Hall–Kier alpha value is -0.530. The highest BCUT2D eigenvalue weighted by Crippen LogP contribution is 2.33. The molecule has 0 aliphatic rings. The van der Waals surface area contributed by atoms with Crippen LogP contribution in [-0.2, 0) is 9.53 Å². The predicted molar refractivity (Wildman–Crippen MR) is 77.6 cm³/mol. The van der Waals surface area contributed by atoms with Gasteiger partial charge in [-0.25, -0.2) is 0 Å². The third-order valence-corrected chi connectivity index (χ3v) is 3.31. The van der Waals surface area contributed by atoms with Crippen molar-refractivity contribution in [1.82, 2.24) is 0 Å². The van der Waals surface area contributed by atoms with Gasteiger partial charge in [0.1, 0.15) is 5.60 Å². The molecule has 0 aromatic carbocycles. The zero-order valence-corrected chi connectivity index (χ0v) is 13.3. The minimum absolute atomic E-state index is 0.0143. The Bertz CT molecular complexity index is 240. The zero-order valence-electron chi connectivity index (χ0n) is 13.3. The molecule has 0 aromatic rings. The van der Waals surface area contributed by atoms with E-state index in [1.165, 1.54) is 12.8 Å². The van der Waals surface area contributed by atoms with Crippen molar-refractivity contribution in [3.8, 4) is 0 Å². The highest BCUT2D eigenvalue weighted by atomic mass is 16.6. The molecule has 0 radical (unpaired) electrons. The number of rotatable bonds is 8. The second-order valence-corrected chi connectivity index (χ2v) is 6.62. The zero-order chi connectivity index (χ0) is 14.2. The third-order valence-electron chi connectivity index (χ3n) is 3.31. The van der Waals surface area contributed by atoms with Gasteiger partial charge in [-0.1, -0.05) is 46.0 Å². The van der Waals surface area contributed by atoms with Gasteiger partial charge in [0.25, 0.3) is 0 Å². The number of esters is 1. The molecule has 18 heavy (non-hydrogen) atoms. The Morgan fingerprint density at radius 2 is 1.39 bits per heavy atom. The van der Waals surface area contributed by atoms with E-state index in [0.29, 0.717) is 0 Å². The molecule has 1 atom stereocenters. The van der Waals surface area contributed by atoms with E-state index in [4.69, 9.17) is 4.74 Å². The lowest BCUT2D eigenvalue weighted by Gasteiger charge is -2.31. The van der Waals surface area contributed by atoms with Gasteiger partial charge in [-0.2, -0.15) is 0 Å². The fraction of sp³-hybridized carbons (Fsp3) is 0.938. The maximum Gasteiger partial charge on any atom is 0.312 e. The minimum atomic E-state index is -0.380. The lowest BCUT2D eigenvalue weighted by molar-refractivity contribution is -0.167. The predicted octanol–water partition coefficient (Wildman–Crippen LogP) is 5.10. The van der Waals surface area contributed by atoms with E-state index in [1.54, 1.807) is 0 Å². The maximum atomic E-state index is 12.4. The van der Waals surface area contributed by atoms with Crippen LogP contribution in [-0.4, -0.2) is 11.6 Å². The molecule has 108 valence electrons. The van der Waals surface area contributed by atoms with Crippen molar-refractivity contribution in [3.63, 3.8) is 0 Å². The molecule has 0 heterocycles. The van der Waals surface area contributed by atoms with Gasteiger partial charge in [-0.05, 0) is 40.5 Å². The second-order valence-electron chi connectivity index (χ2n) is 6.62. The molecule has 0 N–H and O–H groups in total. The molecule has 0 rings (SSSR count). The van der Waals surface area contributed by atoms with Gasteiger partial charge in [0.15, 0.2) is 0 Å². The number of ether oxygens (including phenoxy) is 1. The van der Waals surface area contributed by atoms with Crippen LogP contribution in [0.2, 0.25) is 0 Å². The monoisotopic (exact) mass is 256 g/mol. The molecule has 0 aromatic heterocycles. The number of hydrogen-bond donors (Lipinski definition) is 0. The molecule has 0 amide bonds. The van der Waals surface area contributed by atoms with Gasteiger partial charge in [0.2, 0.25) is 0 Å². The standard InChI is InChI=1S/C16H32O2/c1-7-9-11-13-16(6,12-10-8-2)14(17)18-15(3,4)5/h7-13H2,1-6H3. The fourth-order valence-electron chi connectivity index (χ4n) is 2.06. The van der Waals surface area contributed by atoms with Gasteiger partial charge in [-0.3, -0.25) is 4.79 Å². The van der Waals surface area contributed by atoms with Gasteiger partial charge in [0, 0.05) is 0 Å². The van der Waals surface area contributed by atoms with E-state index >= 15 is 0 Å². The lowest BCUT2D eigenvalue weighted by atomic mass is 9.80. The first kappa shape index (κ1) is 17.5. The Morgan fingerprint density at radius 3 is 1.83 bits per heavy atom. The largest absolute Gasteiger partial charge is 0.460 e. The van der Waals surface area contributed by atoms with E-state index < -0.39 is 0 Å². The summed E-state index contributed by atoms with van der Waals surface area (Å²) in [6, 6.07) is 0. The Labute approximate surface area is 113 Å². The summed E-state index contributed by atoms with van der Waals surface area (Å²) in [6.07, 6.45) is 7.64. The molecule has 0 aliphatic heterocycles. The van der Waals surface area contributed by atoms with Crippen molar-refractivity contribution in [2.75, 3.05) is 0 Å². The minimum Gasteiger partial charge on any atom is -0.460 e. The van der Waals surface area contributed by atoms with Crippen molar-refractivity contribution in [1.29, 1.82) is 0 Å². The van der Waals surface area contributed by atoms with E-state index in [9.17, 15) is 4.79 Å². The van der Waals surface area contributed by atoms with Crippen LogP contribution in [0.3, 0.4) is 0 Å². The molecule has 2 heteroatoms. The molecule has 2 nitrogen and oxygen atoms in total. The summed E-state index contributed by atoms with van der Waals surface area (Å²) in [5.41, 5.74) is -0.673. The van der Waals surface area contributed by atoms with Crippen LogP contribution in [0.5, 0.6) is 0 Å². The number of carbonyl (C=O) groups excluding carboxylic acids is 1. The molecule has 0 bridgehead atoms. The summed E-state index contributed by atoms with van der Waals surface area (Å²) in [5, 5.41) is 0. The first-order chi connectivity index (χ1) is 8.25. The SMILES string of the molecule is CCCCCC(C)(CCCC)C(=O)OC(C)(C)C. The van der Waals surface area contributed by atoms with Crippen LogP contribution in [0.15, 0.2) is 0 Å². The molecule has 0 spiro atoms. The van der Waals surface area contributed by atoms with Gasteiger partial charge >= 0.3 is 5.97 Å². The normalized spacial score (nSPS) is 15.2. The topological polar surface area (TPSA) is 26.3 Å². The molecule has 0 saturated heterocycles. The van der Waals surface area contributed by atoms with Gasteiger partial charge in [0.05, 0.1) is 5.41 Å². The molecular weight excluding hydrogens is 224 g/mol. The van der Waals surface area contributed by atoms with Crippen LogP contribution in [0, 0.1) is 5.41 Å². The lowest BCUT2D eigenvalue weighted by Crippen LogP contribution is -2.36. The van der Waals surface area contributed by atoms with E-state index in [2.05, 4.69) is 20.8 Å². The first-order valence-electron chi connectivity index (χ1n) is 7.48. The number of hydrogen-bond acceptors (Lipinski definition) is 2. The van der Waals surface area contributed by atoms with Crippen LogP contribution >= 0.6 is 0 Å². The van der Waals surface area contributed by atoms with Gasteiger partial charge < -0.3 is 4.74 Å². The van der Waals surface area contributed by atoms with Crippen molar-refractivity contribution in [3.05, 3.63) is 0 Å². The Kier molecular flexibility index (Phi) is 7.58. The highest BCUT2D eigenvalue weighted by Gasteiger charge is 2.35. The van der Waals surface area contributed by atoms with Crippen molar-refractivity contribution < 1.29 is 9.53 Å². The number of unbranched alkanes of at least 4 members (excludes halogenated alkanes) is 3. The smallest absolute Gasteiger partial charge is 0.312 e. The summed E-state index contributed by atoms with van der Waals surface area (Å²) in [4.78, 5) is 12.4. The summed E-state index contributed by atoms with van der Waals surface area (Å²) in [6.45, 7) is 12.3. The maximum absolute atomic E-state index is 12.4. The van der Waals surface area contributed by atoms with Crippen LogP contribution < -0.4 is 0 Å². The molecule has 0 fully saturated rings. The van der Waals surface area contributed by atoms with Crippen LogP contribution in [0.25, 0.3) is 0 Å². The quantitative estimate of drug-likeness (QED) is 0.446. The van der Waals surface area contributed by atoms with E-state index in [0.717, 1.165) is 32.1 Å². The second kappa shape index (κ2) is 7.81. The molecule has 0 aliphatic carbocycles. The summed E-state index contributed by atoms with van der Waals surface area (Å²) in [7, 11) is 0. The van der Waals surface area contributed by atoms with Crippen molar-refractivity contribution in [2.45, 2.75) is 92.1 Å². The van der Waals surface area contributed by atoms with Gasteiger partial charge in [-0.15, -0.1) is 0 Å². The molecule has 0 saturated carbocycles. The Balaban J connectivity index is 4.57. The van der Waals surface area contributed by atoms with Crippen LogP contribution in [0.1, 0.15) is 86.5 Å². The summed E-state index contributed by atoms with van der Waals surface area (Å²) >= 11 is 0. The van der Waals surface area contributed by atoms with Crippen molar-refractivity contribution in [2.24, 2.45) is 5.41 Å². The van der Waals surface area contributed by atoms with E-state index in [-0.39, 0.29) is 17.0 Å².